The lowest BCUT2D eigenvalue weighted by molar-refractivity contribution is 0.465. The number of hydrogen-bond acceptors (Lipinski definition) is 2. The van der Waals surface area contributed by atoms with Gasteiger partial charge in [0.05, 0.1) is 0 Å². The summed E-state index contributed by atoms with van der Waals surface area (Å²) in [4.78, 5) is 6.55. The van der Waals surface area contributed by atoms with Gasteiger partial charge in [0.2, 0.25) is 0 Å². The first-order valence-corrected chi connectivity index (χ1v) is 12.2. The largest absolute Gasteiger partial charge is 0.508 e. The standard InChI is InChI=1S/2C16H15NO.H2O/c2*1-11(12-6-3-5-9-16(12)18)14-10-17-15-8-4-2-7-13(14)15;/h2*2-11,17-18H,1H3;1H2/t2*11-;/m11./s1. The predicted octanol–water partition coefficient (Wildman–Crippen LogP) is 7.23. The molecule has 37 heavy (non-hydrogen) atoms. The van der Waals surface area contributed by atoms with Crippen LogP contribution in [-0.2, 0) is 0 Å². The molecule has 188 valence electrons. The van der Waals surface area contributed by atoms with E-state index >= 15 is 0 Å². The number of phenolic OH excluding ortho intramolecular Hbond substituents is 2. The van der Waals surface area contributed by atoms with Gasteiger partial charge in [0.15, 0.2) is 0 Å². The summed E-state index contributed by atoms with van der Waals surface area (Å²) >= 11 is 0. The molecule has 0 unspecified atom stereocenters. The van der Waals surface area contributed by atoms with Crippen LogP contribution in [0.5, 0.6) is 11.5 Å². The minimum absolute atomic E-state index is 0. The molecule has 5 nitrogen and oxygen atoms in total. The Morgan fingerprint density at radius 3 is 1.24 bits per heavy atom. The lowest BCUT2D eigenvalue weighted by Gasteiger charge is -2.12. The first-order chi connectivity index (χ1) is 17.5. The second-order valence-electron chi connectivity index (χ2n) is 9.14. The number of hydrogen-bond donors (Lipinski definition) is 4. The maximum atomic E-state index is 9.94. The number of aromatic nitrogens is 2. The van der Waals surface area contributed by atoms with Crippen molar-refractivity contribution in [2.45, 2.75) is 25.7 Å². The minimum Gasteiger partial charge on any atom is -0.508 e. The van der Waals surface area contributed by atoms with Gasteiger partial charge in [0, 0.05) is 57.2 Å². The summed E-state index contributed by atoms with van der Waals surface area (Å²) in [6.45, 7) is 4.23. The van der Waals surface area contributed by atoms with Gasteiger partial charge in [-0.3, -0.25) is 0 Å². The van der Waals surface area contributed by atoms with E-state index < -0.39 is 0 Å². The molecule has 6 rings (SSSR count). The number of benzene rings is 4. The number of H-pyrrole nitrogens is 2. The van der Waals surface area contributed by atoms with Gasteiger partial charge < -0.3 is 25.7 Å². The molecule has 0 amide bonds. The van der Waals surface area contributed by atoms with E-state index in [0.717, 1.165) is 22.2 Å². The lowest BCUT2D eigenvalue weighted by Crippen LogP contribution is -1.95. The fourth-order valence-electron chi connectivity index (χ4n) is 4.95. The van der Waals surface area contributed by atoms with Gasteiger partial charge in [-0.15, -0.1) is 0 Å². The minimum atomic E-state index is 0. The third kappa shape index (κ3) is 5.08. The highest BCUT2D eigenvalue weighted by atomic mass is 16.3. The number of phenols is 2. The quantitative estimate of drug-likeness (QED) is 0.209. The van der Waals surface area contributed by atoms with Crippen LogP contribution in [0.4, 0.5) is 0 Å². The number of para-hydroxylation sites is 4. The van der Waals surface area contributed by atoms with Crippen molar-refractivity contribution < 1.29 is 15.7 Å². The normalized spacial score (nSPS) is 12.4. The zero-order valence-corrected chi connectivity index (χ0v) is 20.9. The molecule has 0 aliphatic carbocycles. The van der Waals surface area contributed by atoms with Crippen LogP contribution in [-0.4, -0.2) is 25.7 Å². The van der Waals surface area contributed by atoms with Crippen molar-refractivity contribution in [3.8, 4) is 11.5 Å². The van der Waals surface area contributed by atoms with Crippen molar-refractivity contribution in [1.82, 2.24) is 9.97 Å². The van der Waals surface area contributed by atoms with Crippen LogP contribution in [0.2, 0.25) is 0 Å². The van der Waals surface area contributed by atoms with E-state index in [-0.39, 0.29) is 17.3 Å². The SMILES string of the molecule is C[C@H](c1ccccc1O)c1c[nH]c2ccccc12.C[C@H](c1ccccc1O)c1c[nH]c2ccccc12.O. The first kappa shape index (κ1) is 25.6. The summed E-state index contributed by atoms with van der Waals surface area (Å²) in [6.07, 6.45) is 4.06. The molecule has 0 radical (unpaired) electrons. The molecule has 2 heterocycles. The number of aromatic hydroxyl groups is 2. The fourth-order valence-corrected chi connectivity index (χ4v) is 4.95. The van der Waals surface area contributed by atoms with Gasteiger partial charge in [0.1, 0.15) is 11.5 Å². The van der Waals surface area contributed by atoms with E-state index in [1.807, 2.05) is 73.1 Å². The summed E-state index contributed by atoms with van der Waals surface area (Å²) in [7, 11) is 0. The Bertz CT molecular complexity index is 1490. The van der Waals surface area contributed by atoms with Crippen LogP contribution in [0.3, 0.4) is 0 Å². The molecule has 4 aromatic carbocycles. The maximum absolute atomic E-state index is 9.94. The van der Waals surface area contributed by atoms with Crippen molar-refractivity contribution in [1.29, 1.82) is 0 Å². The molecule has 0 fully saturated rings. The van der Waals surface area contributed by atoms with E-state index in [1.54, 1.807) is 12.1 Å². The molecule has 0 saturated heterocycles. The first-order valence-electron chi connectivity index (χ1n) is 12.2. The Hall–Kier alpha value is -4.48. The smallest absolute Gasteiger partial charge is 0.119 e. The van der Waals surface area contributed by atoms with Crippen molar-refractivity contribution in [2.75, 3.05) is 0 Å². The molecule has 0 saturated carbocycles. The maximum Gasteiger partial charge on any atom is 0.119 e. The van der Waals surface area contributed by atoms with Crippen LogP contribution < -0.4 is 0 Å². The number of fused-ring (bicyclic) bond motifs is 2. The van der Waals surface area contributed by atoms with Crippen molar-refractivity contribution in [2.24, 2.45) is 0 Å². The molecular formula is C32H32N2O3. The third-order valence-electron chi connectivity index (χ3n) is 6.98. The Labute approximate surface area is 216 Å². The second-order valence-corrected chi connectivity index (χ2v) is 9.14. The number of nitrogens with one attached hydrogen (secondary N) is 2. The molecule has 5 heteroatoms. The average molecular weight is 493 g/mol. The lowest BCUT2D eigenvalue weighted by atomic mass is 9.92. The van der Waals surface area contributed by atoms with E-state index in [0.29, 0.717) is 11.5 Å². The highest BCUT2D eigenvalue weighted by Gasteiger charge is 2.16. The highest BCUT2D eigenvalue weighted by Crippen LogP contribution is 2.35. The van der Waals surface area contributed by atoms with Crippen molar-refractivity contribution in [3.05, 3.63) is 132 Å². The number of aromatic amines is 2. The molecule has 0 spiro atoms. The zero-order chi connectivity index (χ0) is 25.1. The van der Waals surface area contributed by atoms with Crippen LogP contribution in [0.25, 0.3) is 21.8 Å². The molecule has 2 aromatic heterocycles. The van der Waals surface area contributed by atoms with Gasteiger partial charge in [-0.2, -0.15) is 0 Å². The van der Waals surface area contributed by atoms with Gasteiger partial charge in [-0.05, 0) is 35.4 Å². The molecule has 0 bridgehead atoms. The Morgan fingerprint density at radius 1 is 0.486 bits per heavy atom. The summed E-state index contributed by atoms with van der Waals surface area (Å²) in [5, 5.41) is 22.3. The van der Waals surface area contributed by atoms with Gasteiger partial charge in [-0.1, -0.05) is 86.6 Å². The van der Waals surface area contributed by atoms with E-state index in [1.165, 1.54) is 21.9 Å². The summed E-state index contributed by atoms with van der Waals surface area (Å²) in [5.41, 5.74) is 6.62. The second kappa shape index (κ2) is 11.1. The third-order valence-corrected chi connectivity index (χ3v) is 6.98. The fraction of sp³-hybridized carbons (Fsp3) is 0.125. The Balaban J connectivity index is 0.000000168. The predicted molar refractivity (Wildman–Crippen MR) is 151 cm³/mol. The van der Waals surface area contributed by atoms with Crippen LogP contribution in [0, 0.1) is 0 Å². The van der Waals surface area contributed by atoms with Gasteiger partial charge in [-0.25, -0.2) is 0 Å². The molecule has 0 aliphatic heterocycles. The van der Waals surface area contributed by atoms with Crippen molar-refractivity contribution >= 4 is 21.8 Å². The Kier molecular flexibility index (Phi) is 7.66. The molecule has 6 aromatic rings. The molecule has 0 aliphatic rings. The Morgan fingerprint density at radius 2 is 0.838 bits per heavy atom. The van der Waals surface area contributed by atoms with Crippen molar-refractivity contribution in [3.63, 3.8) is 0 Å². The highest BCUT2D eigenvalue weighted by molar-refractivity contribution is 5.85. The van der Waals surface area contributed by atoms with Crippen LogP contribution in [0.1, 0.15) is 47.9 Å². The summed E-state index contributed by atoms with van der Waals surface area (Å²) < 4.78 is 0. The van der Waals surface area contributed by atoms with Gasteiger partial charge >= 0.3 is 0 Å². The van der Waals surface area contributed by atoms with E-state index in [2.05, 4.69) is 48.1 Å². The van der Waals surface area contributed by atoms with Crippen LogP contribution >= 0.6 is 0 Å². The molecule has 6 N–H and O–H groups in total. The summed E-state index contributed by atoms with van der Waals surface area (Å²) in [6, 6.07) is 31.5. The van der Waals surface area contributed by atoms with Crippen LogP contribution in [0.15, 0.2) is 109 Å². The molecular weight excluding hydrogens is 460 g/mol. The van der Waals surface area contributed by atoms with E-state index in [4.69, 9.17) is 0 Å². The zero-order valence-electron chi connectivity index (χ0n) is 20.9. The molecule has 2 atom stereocenters. The topological polar surface area (TPSA) is 104 Å². The average Bonchev–Trinajstić information content (AvgIpc) is 3.54. The van der Waals surface area contributed by atoms with Gasteiger partial charge in [0.25, 0.3) is 0 Å². The summed E-state index contributed by atoms with van der Waals surface area (Å²) in [5.74, 6) is 1.05. The monoisotopic (exact) mass is 492 g/mol. The number of rotatable bonds is 4. The van der Waals surface area contributed by atoms with E-state index in [9.17, 15) is 10.2 Å².